The van der Waals surface area contributed by atoms with Crippen LogP contribution < -0.4 is 0 Å². The van der Waals surface area contributed by atoms with Gasteiger partial charge in [0.1, 0.15) is 0 Å². The number of pyridine rings is 1. The van der Waals surface area contributed by atoms with Crippen LogP contribution in [0.5, 0.6) is 0 Å². The van der Waals surface area contributed by atoms with Crippen molar-refractivity contribution >= 4 is 29.2 Å². The molecule has 0 aliphatic carbocycles. The Morgan fingerprint density at radius 3 is 2.68 bits per heavy atom. The van der Waals surface area contributed by atoms with Crippen molar-refractivity contribution in [1.82, 2.24) is 4.98 Å². The molecule has 1 aromatic heterocycles. The normalized spacial score (nSPS) is 10.5. The van der Waals surface area contributed by atoms with Crippen LogP contribution in [0.4, 0.5) is 0 Å². The number of carboxylic acids is 1. The lowest BCUT2D eigenvalue weighted by molar-refractivity contribution is -0.136. The first kappa shape index (κ1) is 13.8. The zero-order valence-electron chi connectivity index (χ0n) is 10.2. The minimum atomic E-state index is -0.912. The van der Waals surface area contributed by atoms with E-state index in [1.165, 1.54) is 0 Å². The van der Waals surface area contributed by atoms with Gasteiger partial charge < -0.3 is 5.11 Å². The van der Waals surface area contributed by atoms with Gasteiger partial charge in [-0.1, -0.05) is 41.4 Å². The number of hydrogen-bond donors (Lipinski definition) is 1. The minimum absolute atomic E-state index is 0.106. The zero-order valence-corrected chi connectivity index (χ0v) is 11.7. The van der Waals surface area contributed by atoms with E-state index < -0.39 is 5.97 Å². The highest BCUT2D eigenvalue weighted by Gasteiger charge is 2.14. The highest BCUT2D eigenvalue weighted by Crippen LogP contribution is 2.34. The van der Waals surface area contributed by atoms with Crippen LogP contribution in [0.3, 0.4) is 0 Å². The van der Waals surface area contributed by atoms with Crippen LogP contribution in [0.1, 0.15) is 11.3 Å². The molecule has 0 amide bonds. The monoisotopic (exact) mass is 295 g/mol. The second-order valence-electron chi connectivity index (χ2n) is 4.13. The van der Waals surface area contributed by atoms with Gasteiger partial charge in [-0.15, -0.1) is 0 Å². The van der Waals surface area contributed by atoms with E-state index in [9.17, 15) is 4.79 Å². The van der Waals surface area contributed by atoms with E-state index in [1.54, 1.807) is 30.3 Å². The molecule has 0 atom stereocenters. The predicted octanol–water partition coefficient (Wildman–Crippen LogP) is 3.99. The second kappa shape index (κ2) is 5.59. The molecule has 2 rings (SSSR count). The van der Waals surface area contributed by atoms with Gasteiger partial charge in [0, 0.05) is 11.3 Å². The molecule has 0 bridgehead atoms. The molecular formula is C14H11Cl2NO2. The summed E-state index contributed by atoms with van der Waals surface area (Å²) < 4.78 is 0. The van der Waals surface area contributed by atoms with Crippen molar-refractivity contribution in [2.45, 2.75) is 13.3 Å². The molecule has 0 aliphatic rings. The molecule has 3 nitrogen and oxygen atoms in total. The van der Waals surface area contributed by atoms with Gasteiger partial charge in [0.25, 0.3) is 0 Å². The SMILES string of the molecule is Cc1ccc(CC(=O)O)c(-c2cccc(Cl)c2Cl)n1. The number of halogens is 2. The lowest BCUT2D eigenvalue weighted by Crippen LogP contribution is -2.04. The largest absolute Gasteiger partial charge is 0.481 e. The van der Waals surface area contributed by atoms with Gasteiger partial charge in [-0.3, -0.25) is 9.78 Å². The summed E-state index contributed by atoms with van der Waals surface area (Å²) in [7, 11) is 0. The molecule has 1 heterocycles. The van der Waals surface area contributed by atoms with E-state index in [0.717, 1.165) is 5.69 Å². The van der Waals surface area contributed by atoms with E-state index in [2.05, 4.69) is 4.98 Å². The molecule has 19 heavy (non-hydrogen) atoms. The van der Waals surface area contributed by atoms with Gasteiger partial charge >= 0.3 is 5.97 Å². The van der Waals surface area contributed by atoms with E-state index in [-0.39, 0.29) is 6.42 Å². The lowest BCUT2D eigenvalue weighted by atomic mass is 10.0. The molecule has 0 aliphatic heterocycles. The van der Waals surface area contributed by atoms with Gasteiger partial charge in [0.05, 0.1) is 22.2 Å². The Kier molecular flexibility index (Phi) is 4.08. The summed E-state index contributed by atoms with van der Waals surface area (Å²) in [6.45, 7) is 1.84. The summed E-state index contributed by atoms with van der Waals surface area (Å²) in [6, 6.07) is 8.75. The third-order valence-electron chi connectivity index (χ3n) is 2.67. The molecule has 1 N–H and O–H groups in total. The number of rotatable bonds is 3. The number of benzene rings is 1. The van der Waals surface area contributed by atoms with Crippen molar-refractivity contribution < 1.29 is 9.90 Å². The zero-order chi connectivity index (χ0) is 14.0. The van der Waals surface area contributed by atoms with E-state index in [4.69, 9.17) is 28.3 Å². The average Bonchev–Trinajstić information content (AvgIpc) is 2.35. The second-order valence-corrected chi connectivity index (χ2v) is 4.92. The van der Waals surface area contributed by atoms with Crippen LogP contribution in [0, 0.1) is 6.92 Å². The van der Waals surface area contributed by atoms with Gasteiger partial charge in [0.15, 0.2) is 0 Å². The number of aromatic nitrogens is 1. The van der Waals surface area contributed by atoms with Crippen LogP contribution in [-0.2, 0) is 11.2 Å². The molecule has 1 aromatic carbocycles. The maximum Gasteiger partial charge on any atom is 0.307 e. The molecule has 0 unspecified atom stereocenters. The Balaban J connectivity index is 2.62. The average molecular weight is 296 g/mol. The number of carbonyl (C=O) groups is 1. The molecule has 0 spiro atoms. The minimum Gasteiger partial charge on any atom is -0.481 e. The van der Waals surface area contributed by atoms with Gasteiger partial charge in [-0.25, -0.2) is 0 Å². The Morgan fingerprint density at radius 1 is 1.26 bits per heavy atom. The topological polar surface area (TPSA) is 50.2 Å². The smallest absolute Gasteiger partial charge is 0.307 e. The van der Waals surface area contributed by atoms with Crippen molar-refractivity contribution in [2.75, 3.05) is 0 Å². The summed E-state index contributed by atoms with van der Waals surface area (Å²) in [6.07, 6.45) is -0.106. The molecular weight excluding hydrogens is 285 g/mol. The summed E-state index contributed by atoms with van der Waals surface area (Å²) in [5.41, 5.74) is 2.62. The van der Waals surface area contributed by atoms with Gasteiger partial charge in [-0.2, -0.15) is 0 Å². The maximum absolute atomic E-state index is 10.9. The van der Waals surface area contributed by atoms with Crippen molar-refractivity contribution in [1.29, 1.82) is 0 Å². The number of aliphatic carboxylic acids is 1. The van der Waals surface area contributed by atoms with Crippen LogP contribution in [0.15, 0.2) is 30.3 Å². The predicted molar refractivity (Wildman–Crippen MR) is 75.8 cm³/mol. The first-order chi connectivity index (χ1) is 8.99. The Morgan fingerprint density at radius 2 is 2.00 bits per heavy atom. The van der Waals surface area contributed by atoms with E-state index in [1.807, 2.05) is 6.92 Å². The number of aryl methyl sites for hydroxylation is 1. The fourth-order valence-electron chi connectivity index (χ4n) is 1.81. The molecule has 0 radical (unpaired) electrons. The molecule has 0 saturated carbocycles. The first-order valence-corrected chi connectivity index (χ1v) is 6.37. The fraction of sp³-hybridized carbons (Fsp3) is 0.143. The van der Waals surface area contributed by atoms with Crippen molar-refractivity contribution in [3.63, 3.8) is 0 Å². The number of nitrogens with zero attached hydrogens (tertiary/aromatic N) is 1. The van der Waals surface area contributed by atoms with Crippen LogP contribution in [0.25, 0.3) is 11.3 Å². The third-order valence-corrected chi connectivity index (χ3v) is 3.49. The maximum atomic E-state index is 10.9. The number of carboxylic acid groups (broad SMARTS) is 1. The fourth-order valence-corrected chi connectivity index (χ4v) is 2.20. The summed E-state index contributed by atoms with van der Waals surface area (Å²) in [5, 5.41) is 9.75. The molecule has 5 heteroatoms. The van der Waals surface area contributed by atoms with Crippen LogP contribution in [0.2, 0.25) is 10.0 Å². The van der Waals surface area contributed by atoms with E-state index >= 15 is 0 Å². The van der Waals surface area contributed by atoms with Crippen LogP contribution >= 0.6 is 23.2 Å². The van der Waals surface area contributed by atoms with Crippen molar-refractivity contribution in [3.05, 3.63) is 51.6 Å². The highest BCUT2D eigenvalue weighted by molar-refractivity contribution is 6.43. The van der Waals surface area contributed by atoms with E-state index in [0.29, 0.717) is 26.9 Å². The van der Waals surface area contributed by atoms with Crippen molar-refractivity contribution in [3.8, 4) is 11.3 Å². The first-order valence-electron chi connectivity index (χ1n) is 5.61. The standard InChI is InChI=1S/C14H11Cl2NO2/c1-8-5-6-9(7-12(18)19)14(17-8)10-3-2-4-11(15)13(10)16/h2-6H,7H2,1H3,(H,18,19). The highest BCUT2D eigenvalue weighted by atomic mass is 35.5. The quantitative estimate of drug-likeness (QED) is 0.931. The molecule has 98 valence electrons. The molecule has 0 saturated heterocycles. The third kappa shape index (κ3) is 3.06. The Bertz CT molecular complexity index is 641. The summed E-state index contributed by atoms with van der Waals surface area (Å²) in [5.74, 6) is -0.912. The Hall–Kier alpha value is -1.58. The summed E-state index contributed by atoms with van der Waals surface area (Å²) >= 11 is 12.2. The summed E-state index contributed by atoms with van der Waals surface area (Å²) in [4.78, 5) is 15.3. The molecule has 2 aromatic rings. The van der Waals surface area contributed by atoms with Gasteiger partial charge in [0.2, 0.25) is 0 Å². The molecule has 0 fully saturated rings. The lowest BCUT2D eigenvalue weighted by Gasteiger charge is -2.10. The Labute approximate surface area is 120 Å². The van der Waals surface area contributed by atoms with Gasteiger partial charge in [-0.05, 0) is 24.6 Å². The number of hydrogen-bond acceptors (Lipinski definition) is 2. The van der Waals surface area contributed by atoms with Crippen molar-refractivity contribution in [2.24, 2.45) is 0 Å². The van der Waals surface area contributed by atoms with Crippen LogP contribution in [-0.4, -0.2) is 16.1 Å².